The van der Waals surface area contributed by atoms with Crippen molar-refractivity contribution in [2.75, 3.05) is 17.6 Å². The van der Waals surface area contributed by atoms with Gasteiger partial charge in [-0.25, -0.2) is 18.4 Å². The number of carbonyl (C=O) groups excluding carboxylic acids is 2. The van der Waals surface area contributed by atoms with Crippen molar-refractivity contribution in [3.05, 3.63) is 29.8 Å². The molecule has 8 nitrogen and oxygen atoms in total. The normalized spacial score (nSPS) is 18.1. The zero-order chi connectivity index (χ0) is 19.5. The van der Waals surface area contributed by atoms with Gasteiger partial charge in [-0.05, 0) is 38.5 Å². The monoisotopic (exact) mass is 383 g/mol. The smallest absolute Gasteiger partial charge is 0.412 e. The number of benzene rings is 1. The van der Waals surface area contributed by atoms with E-state index in [1.807, 2.05) is 0 Å². The summed E-state index contributed by atoms with van der Waals surface area (Å²) in [5.74, 6) is -0.547. The maximum Gasteiger partial charge on any atom is 0.412 e. The van der Waals surface area contributed by atoms with Crippen LogP contribution in [0.15, 0.2) is 24.3 Å². The molecule has 1 saturated heterocycles. The first kappa shape index (κ1) is 20.2. The SMILES string of the molecule is CC(C)(C)OC(=O)Nc1ccc(CN2CC(CS(N)(=O)=O)CC2=O)cc1. The maximum atomic E-state index is 12.0. The Morgan fingerprint density at radius 2 is 1.92 bits per heavy atom. The average molecular weight is 383 g/mol. The van der Waals surface area contributed by atoms with Gasteiger partial charge in [0.1, 0.15) is 5.60 Å². The molecule has 2 amide bonds. The fourth-order valence-corrected chi connectivity index (χ4v) is 3.66. The van der Waals surface area contributed by atoms with Crippen LogP contribution in [0.1, 0.15) is 32.8 Å². The van der Waals surface area contributed by atoms with Gasteiger partial charge in [-0.3, -0.25) is 10.1 Å². The summed E-state index contributed by atoms with van der Waals surface area (Å²) in [5, 5.41) is 7.69. The molecule has 0 spiro atoms. The van der Waals surface area contributed by atoms with E-state index in [0.29, 0.717) is 18.8 Å². The fourth-order valence-electron chi connectivity index (χ4n) is 2.78. The molecule has 1 aromatic rings. The van der Waals surface area contributed by atoms with Crippen LogP contribution < -0.4 is 10.5 Å². The van der Waals surface area contributed by atoms with E-state index in [9.17, 15) is 18.0 Å². The lowest BCUT2D eigenvalue weighted by molar-refractivity contribution is -0.128. The second kappa shape index (κ2) is 7.63. The van der Waals surface area contributed by atoms with Crippen LogP contribution in [0, 0.1) is 5.92 Å². The van der Waals surface area contributed by atoms with E-state index >= 15 is 0 Å². The van der Waals surface area contributed by atoms with Crippen molar-refractivity contribution in [2.45, 2.75) is 39.3 Å². The zero-order valence-electron chi connectivity index (χ0n) is 15.2. The minimum Gasteiger partial charge on any atom is -0.444 e. The molecule has 1 unspecified atom stereocenters. The summed E-state index contributed by atoms with van der Waals surface area (Å²) in [6.07, 6.45) is -0.347. The van der Waals surface area contributed by atoms with E-state index in [-0.39, 0.29) is 24.0 Å². The largest absolute Gasteiger partial charge is 0.444 e. The molecule has 0 bridgehead atoms. The molecular weight excluding hydrogens is 358 g/mol. The Bertz CT molecular complexity index is 769. The summed E-state index contributed by atoms with van der Waals surface area (Å²) in [5.41, 5.74) is 0.889. The van der Waals surface area contributed by atoms with Gasteiger partial charge >= 0.3 is 6.09 Å². The van der Waals surface area contributed by atoms with Gasteiger partial charge in [-0.2, -0.15) is 0 Å². The number of rotatable bonds is 5. The molecule has 0 aliphatic carbocycles. The minimum absolute atomic E-state index is 0.0883. The molecule has 1 atom stereocenters. The molecular formula is C17H25N3O5S. The molecule has 144 valence electrons. The Kier molecular flexibility index (Phi) is 5.92. The van der Waals surface area contributed by atoms with Gasteiger partial charge < -0.3 is 9.64 Å². The molecule has 1 aliphatic rings. The van der Waals surface area contributed by atoms with Crippen molar-refractivity contribution in [3.8, 4) is 0 Å². The molecule has 0 saturated carbocycles. The Morgan fingerprint density at radius 1 is 1.31 bits per heavy atom. The highest BCUT2D eigenvalue weighted by atomic mass is 32.2. The summed E-state index contributed by atoms with van der Waals surface area (Å²) in [6.45, 7) is 6.10. The van der Waals surface area contributed by atoms with Crippen LogP contribution in [0.5, 0.6) is 0 Å². The number of carbonyl (C=O) groups is 2. The molecule has 1 fully saturated rings. The third kappa shape index (κ3) is 6.64. The molecule has 26 heavy (non-hydrogen) atoms. The van der Waals surface area contributed by atoms with Crippen molar-refractivity contribution >= 4 is 27.7 Å². The number of hydrogen-bond acceptors (Lipinski definition) is 5. The highest BCUT2D eigenvalue weighted by Crippen LogP contribution is 2.22. The second-order valence-corrected chi connectivity index (χ2v) is 9.16. The van der Waals surface area contributed by atoms with Crippen LogP contribution in [-0.2, 0) is 26.1 Å². The lowest BCUT2D eigenvalue weighted by atomic mass is 10.1. The predicted molar refractivity (Wildman–Crippen MR) is 97.8 cm³/mol. The highest BCUT2D eigenvalue weighted by Gasteiger charge is 2.31. The van der Waals surface area contributed by atoms with Crippen molar-refractivity contribution < 1.29 is 22.7 Å². The Hall–Kier alpha value is -2.13. The van der Waals surface area contributed by atoms with Crippen LogP contribution in [0.4, 0.5) is 10.5 Å². The second-order valence-electron chi connectivity index (χ2n) is 7.50. The number of nitrogens with one attached hydrogen (secondary N) is 1. The predicted octanol–water partition coefficient (Wildman–Crippen LogP) is 1.67. The summed E-state index contributed by atoms with van der Waals surface area (Å²) in [4.78, 5) is 25.4. The van der Waals surface area contributed by atoms with E-state index in [0.717, 1.165) is 5.56 Å². The number of nitrogens with two attached hydrogens (primary N) is 1. The van der Waals surface area contributed by atoms with Crippen LogP contribution in [0.2, 0.25) is 0 Å². The Morgan fingerprint density at radius 3 is 2.46 bits per heavy atom. The number of sulfonamides is 1. The van der Waals surface area contributed by atoms with Gasteiger partial charge in [0.2, 0.25) is 15.9 Å². The number of nitrogens with zero attached hydrogens (tertiary/aromatic N) is 1. The molecule has 2 rings (SSSR count). The van der Waals surface area contributed by atoms with Gasteiger partial charge in [-0.15, -0.1) is 0 Å². The summed E-state index contributed by atoms with van der Waals surface area (Å²) in [6, 6.07) is 7.04. The van der Waals surface area contributed by atoms with E-state index in [2.05, 4.69) is 5.32 Å². The summed E-state index contributed by atoms with van der Waals surface area (Å²) in [7, 11) is -3.59. The van der Waals surface area contributed by atoms with E-state index in [1.54, 1.807) is 49.9 Å². The molecule has 1 aromatic carbocycles. The zero-order valence-corrected chi connectivity index (χ0v) is 16.0. The van der Waals surface area contributed by atoms with Crippen molar-refractivity contribution in [3.63, 3.8) is 0 Å². The van der Waals surface area contributed by atoms with E-state index in [1.165, 1.54) is 0 Å². The quantitative estimate of drug-likeness (QED) is 0.802. The number of amides is 2. The third-order valence-corrected chi connectivity index (χ3v) is 4.67. The van der Waals surface area contributed by atoms with Crippen molar-refractivity contribution in [1.29, 1.82) is 0 Å². The Labute approximate surface area is 153 Å². The van der Waals surface area contributed by atoms with Crippen LogP contribution in [0.3, 0.4) is 0 Å². The van der Waals surface area contributed by atoms with Crippen LogP contribution >= 0.6 is 0 Å². The summed E-state index contributed by atoms with van der Waals surface area (Å²) >= 11 is 0. The summed E-state index contributed by atoms with van der Waals surface area (Å²) < 4.78 is 27.5. The van der Waals surface area contributed by atoms with E-state index in [4.69, 9.17) is 9.88 Å². The molecule has 1 heterocycles. The van der Waals surface area contributed by atoms with Gasteiger partial charge in [0, 0.05) is 31.1 Å². The Balaban J connectivity index is 1.91. The minimum atomic E-state index is -3.59. The van der Waals surface area contributed by atoms with Crippen molar-refractivity contribution in [2.24, 2.45) is 11.1 Å². The standard InChI is InChI=1S/C17H25N3O5S/c1-17(2,3)25-16(22)19-14-6-4-12(5-7-14)9-20-10-13(8-15(20)21)11-26(18,23)24/h4-7,13H,8-11H2,1-3H3,(H,19,22)(H2,18,23,24). The number of hydrogen-bond donors (Lipinski definition) is 2. The van der Waals surface area contributed by atoms with Gasteiger partial charge in [-0.1, -0.05) is 12.1 Å². The van der Waals surface area contributed by atoms with Gasteiger partial charge in [0.15, 0.2) is 0 Å². The topological polar surface area (TPSA) is 119 Å². The molecule has 9 heteroatoms. The third-order valence-electron chi connectivity index (χ3n) is 3.74. The number of likely N-dealkylation sites (tertiary alicyclic amines) is 1. The lowest BCUT2D eigenvalue weighted by Gasteiger charge is -2.20. The molecule has 3 N–H and O–H groups in total. The molecule has 0 aromatic heterocycles. The van der Waals surface area contributed by atoms with Gasteiger partial charge in [0.25, 0.3) is 0 Å². The highest BCUT2D eigenvalue weighted by molar-refractivity contribution is 7.89. The first-order valence-electron chi connectivity index (χ1n) is 8.28. The average Bonchev–Trinajstić information content (AvgIpc) is 2.76. The van der Waals surface area contributed by atoms with Crippen molar-refractivity contribution in [1.82, 2.24) is 4.90 Å². The first-order chi connectivity index (χ1) is 11.9. The van der Waals surface area contributed by atoms with E-state index < -0.39 is 21.7 Å². The maximum absolute atomic E-state index is 12.0. The van der Waals surface area contributed by atoms with Crippen LogP contribution in [-0.4, -0.2) is 43.2 Å². The number of ether oxygens (including phenoxy) is 1. The van der Waals surface area contributed by atoms with Crippen LogP contribution in [0.25, 0.3) is 0 Å². The lowest BCUT2D eigenvalue weighted by Crippen LogP contribution is -2.27. The number of anilines is 1. The number of primary sulfonamides is 1. The van der Waals surface area contributed by atoms with Gasteiger partial charge in [0.05, 0.1) is 5.75 Å². The molecule has 0 radical (unpaired) electrons. The molecule has 1 aliphatic heterocycles. The first-order valence-corrected chi connectivity index (χ1v) is 10.00. The fraction of sp³-hybridized carbons (Fsp3) is 0.529.